The third kappa shape index (κ3) is 2.14. The Morgan fingerprint density at radius 1 is 1.40 bits per heavy atom. The lowest BCUT2D eigenvalue weighted by Crippen LogP contribution is -2.12. The Balaban J connectivity index is 2.87. The fraction of sp³-hybridized carbons (Fsp3) is 0.400. The third-order valence-corrected chi connectivity index (χ3v) is 3.61. The molecular weight excluding hydrogens is 256 g/mol. The van der Waals surface area contributed by atoms with E-state index in [2.05, 4.69) is 0 Å². The zero-order valence-corrected chi connectivity index (χ0v) is 12.5. The fourth-order valence-electron chi connectivity index (χ4n) is 2.54. The Kier molecular flexibility index (Phi) is 3.72. The Hall–Kier alpha value is -2.01. The van der Waals surface area contributed by atoms with Crippen LogP contribution in [-0.2, 0) is 18.3 Å². The second-order valence-corrected chi connectivity index (χ2v) is 5.21. The number of hydrogen-bond acceptors (Lipinski definition) is 4. The number of methoxy groups -OCH3 is 1. The highest BCUT2D eigenvalue weighted by molar-refractivity contribution is 6.07. The maximum atomic E-state index is 12.1. The highest BCUT2D eigenvalue weighted by Crippen LogP contribution is 2.34. The minimum Gasteiger partial charge on any atom is -0.508 e. The van der Waals surface area contributed by atoms with Crippen LogP contribution in [0.25, 0.3) is 10.9 Å². The minimum absolute atomic E-state index is 0.196. The molecule has 0 aliphatic heterocycles. The summed E-state index contributed by atoms with van der Waals surface area (Å²) in [6.07, 6.45) is 0. The molecule has 0 saturated heterocycles. The molecule has 5 nitrogen and oxygen atoms in total. The van der Waals surface area contributed by atoms with E-state index in [1.165, 1.54) is 7.11 Å². The van der Waals surface area contributed by atoms with Crippen LogP contribution in [0.5, 0.6) is 5.75 Å². The van der Waals surface area contributed by atoms with Crippen LogP contribution in [0.15, 0.2) is 12.1 Å². The lowest BCUT2D eigenvalue weighted by Gasteiger charge is -2.13. The Bertz CT molecular complexity index is 672. The van der Waals surface area contributed by atoms with Crippen molar-refractivity contribution >= 4 is 16.9 Å². The van der Waals surface area contributed by atoms with Crippen molar-refractivity contribution in [2.45, 2.75) is 13.5 Å². The number of benzene rings is 1. The van der Waals surface area contributed by atoms with E-state index in [0.29, 0.717) is 12.1 Å². The molecule has 0 fully saturated rings. The number of phenols is 1. The minimum atomic E-state index is -0.376. The Labute approximate surface area is 118 Å². The first-order valence-electron chi connectivity index (χ1n) is 6.41. The van der Waals surface area contributed by atoms with Gasteiger partial charge in [0.05, 0.1) is 12.7 Å². The number of aromatic nitrogens is 1. The zero-order valence-electron chi connectivity index (χ0n) is 12.5. The lowest BCUT2D eigenvalue weighted by atomic mass is 10.0. The summed E-state index contributed by atoms with van der Waals surface area (Å²) in [5.74, 6) is -0.180. The van der Waals surface area contributed by atoms with Crippen molar-refractivity contribution in [3.05, 3.63) is 29.0 Å². The maximum Gasteiger partial charge on any atom is 0.340 e. The number of aromatic hydroxyl groups is 1. The number of aryl methyl sites for hydroxylation is 1. The number of hydrogen-bond donors (Lipinski definition) is 1. The summed E-state index contributed by atoms with van der Waals surface area (Å²) in [7, 11) is 7.12. The molecule has 0 aliphatic carbocycles. The van der Waals surface area contributed by atoms with Gasteiger partial charge in [0.15, 0.2) is 0 Å². The van der Waals surface area contributed by atoms with E-state index in [1.54, 1.807) is 6.07 Å². The van der Waals surface area contributed by atoms with Gasteiger partial charge in [-0.05, 0) is 33.2 Å². The average molecular weight is 276 g/mol. The van der Waals surface area contributed by atoms with Crippen molar-refractivity contribution in [2.24, 2.45) is 7.05 Å². The average Bonchev–Trinajstić information content (AvgIpc) is 2.65. The molecule has 0 spiro atoms. The molecule has 0 unspecified atom stereocenters. The van der Waals surface area contributed by atoms with E-state index in [-0.39, 0.29) is 11.7 Å². The Morgan fingerprint density at radius 3 is 2.60 bits per heavy atom. The molecule has 0 radical (unpaired) electrons. The molecule has 0 saturated carbocycles. The summed E-state index contributed by atoms with van der Waals surface area (Å²) in [6, 6.07) is 3.49. The molecule has 20 heavy (non-hydrogen) atoms. The molecule has 0 aliphatic rings. The van der Waals surface area contributed by atoms with E-state index < -0.39 is 0 Å². The van der Waals surface area contributed by atoms with Gasteiger partial charge in [-0.15, -0.1) is 0 Å². The van der Waals surface area contributed by atoms with E-state index in [4.69, 9.17) is 4.74 Å². The molecule has 1 aromatic heterocycles. The molecule has 1 N–H and O–H groups in total. The number of carbonyl (C=O) groups excluding carboxylic acids is 1. The van der Waals surface area contributed by atoms with E-state index >= 15 is 0 Å². The van der Waals surface area contributed by atoms with Crippen molar-refractivity contribution in [1.82, 2.24) is 9.47 Å². The number of carbonyl (C=O) groups is 1. The van der Waals surface area contributed by atoms with E-state index in [9.17, 15) is 9.90 Å². The standard InChI is InChI=1S/C15H20N2O3/c1-9-13(15(19)20-5)14-10(8-16(2)3)12(18)7-6-11(14)17(9)4/h6-7,18H,8H2,1-5H3. The Morgan fingerprint density at radius 2 is 2.05 bits per heavy atom. The summed E-state index contributed by atoms with van der Waals surface area (Å²) in [5, 5.41) is 10.9. The van der Waals surface area contributed by atoms with Crippen LogP contribution < -0.4 is 0 Å². The van der Waals surface area contributed by atoms with Gasteiger partial charge in [-0.25, -0.2) is 4.79 Å². The first kappa shape index (κ1) is 14.4. The van der Waals surface area contributed by atoms with Crippen LogP contribution in [-0.4, -0.2) is 41.7 Å². The summed E-state index contributed by atoms with van der Waals surface area (Å²) in [5.41, 5.74) is 3.02. The monoisotopic (exact) mass is 276 g/mol. The van der Waals surface area contributed by atoms with Crippen molar-refractivity contribution in [3.63, 3.8) is 0 Å². The first-order chi connectivity index (χ1) is 9.38. The molecule has 0 bridgehead atoms. The van der Waals surface area contributed by atoms with Gasteiger partial charge in [-0.2, -0.15) is 0 Å². The second-order valence-electron chi connectivity index (χ2n) is 5.21. The quantitative estimate of drug-likeness (QED) is 0.872. The molecule has 2 aromatic rings. The first-order valence-corrected chi connectivity index (χ1v) is 6.41. The van der Waals surface area contributed by atoms with Gasteiger partial charge in [-0.1, -0.05) is 0 Å². The van der Waals surface area contributed by atoms with Gasteiger partial charge >= 0.3 is 5.97 Å². The lowest BCUT2D eigenvalue weighted by molar-refractivity contribution is 0.0602. The van der Waals surface area contributed by atoms with Crippen LogP contribution in [0.4, 0.5) is 0 Å². The van der Waals surface area contributed by atoms with Gasteiger partial charge in [-0.3, -0.25) is 0 Å². The smallest absolute Gasteiger partial charge is 0.340 e. The predicted octanol–water partition coefficient (Wildman–Crippen LogP) is 2.04. The SMILES string of the molecule is COC(=O)c1c(C)n(C)c2ccc(O)c(CN(C)C)c12. The van der Waals surface area contributed by atoms with Crippen molar-refractivity contribution in [3.8, 4) is 5.75 Å². The number of rotatable bonds is 3. The molecule has 1 aromatic carbocycles. The normalized spacial score (nSPS) is 11.3. The van der Waals surface area contributed by atoms with Crippen molar-refractivity contribution in [1.29, 1.82) is 0 Å². The summed E-state index contributed by atoms with van der Waals surface area (Å²) >= 11 is 0. The van der Waals surface area contributed by atoms with Gasteiger partial charge < -0.3 is 19.3 Å². The van der Waals surface area contributed by atoms with Crippen molar-refractivity contribution in [2.75, 3.05) is 21.2 Å². The summed E-state index contributed by atoms with van der Waals surface area (Å²) < 4.78 is 6.84. The highest BCUT2D eigenvalue weighted by atomic mass is 16.5. The van der Waals surface area contributed by atoms with Crippen LogP contribution in [0.2, 0.25) is 0 Å². The number of nitrogens with zero attached hydrogens (tertiary/aromatic N) is 2. The van der Waals surface area contributed by atoms with Gasteiger partial charge in [0, 0.05) is 35.8 Å². The molecule has 1 heterocycles. The molecule has 0 amide bonds. The molecule has 108 valence electrons. The number of fused-ring (bicyclic) bond motifs is 1. The molecule has 0 atom stereocenters. The zero-order chi connectivity index (χ0) is 15.0. The van der Waals surface area contributed by atoms with E-state index in [0.717, 1.165) is 22.2 Å². The predicted molar refractivity (Wildman–Crippen MR) is 78.1 cm³/mol. The van der Waals surface area contributed by atoms with Gasteiger partial charge in [0.2, 0.25) is 0 Å². The maximum absolute atomic E-state index is 12.1. The van der Waals surface area contributed by atoms with Crippen LogP contribution >= 0.6 is 0 Å². The number of esters is 1. The molecule has 5 heteroatoms. The molecule has 2 rings (SSSR count). The topological polar surface area (TPSA) is 54.7 Å². The third-order valence-electron chi connectivity index (χ3n) is 3.61. The number of ether oxygens (including phenoxy) is 1. The second kappa shape index (κ2) is 5.17. The largest absolute Gasteiger partial charge is 0.508 e. The summed E-state index contributed by atoms with van der Waals surface area (Å²) in [4.78, 5) is 14.0. The van der Waals surface area contributed by atoms with Crippen LogP contribution in [0.3, 0.4) is 0 Å². The van der Waals surface area contributed by atoms with Gasteiger partial charge in [0.25, 0.3) is 0 Å². The van der Waals surface area contributed by atoms with Crippen LogP contribution in [0, 0.1) is 6.92 Å². The summed E-state index contributed by atoms with van der Waals surface area (Å²) in [6.45, 7) is 2.43. The van der Waals surface area contributed by atoms with E-state index in [1.807, 2.05) is 43.6 Å². The highest BCUT2D eigenvalue weighted by Gasteiger charge is 2.23. The fourth-order valence-corrected chi connectivity index (χ4v) is 2.54. The van der Waals surface area contributed by atoms with Gasteiger partial charge in [0.1, 0.15) is 5.75 Å². The number of phenolic OH excluding ortho intramolecular Hbond substituents is 1. The van der Waals surface area contributed by atoms with Crippen molar-refractivity contribution < 1.29 is 14.6 Å². The molecular formula is C15H20N2O3. The van der Waals surface area contributed by atoms with Crippen LogP contribution in [0.1, 0.15) is 21.6 Å².